The van der Waals surface area contributed by atoms with Crippen LogP contribution < -0.4 is 4.74 Å². The molecule has 130 valence electrons. The van der Waals surface area contributed by atoms with Gasteiger partial charge in [-0.2, -0.15) is 0 Å². The van der Waals surface area contributed by atoms with Crippen molar-refractivity contribution in [1.82, 2.24) is 4.90 Å². The fraction of sp³-hybridized carbons (Fsp3) is 0.286. The number of hydrogen-bond acceptors (Lipinski definition) is 3. The summed E-state index contributed by atoms with van der Waals surface area (Å²) in [5, 5.41) is 0. The molecule has 1 atom stereocenters. The number of amides is 1. The Balaban J connectivity index is 1.97. The molecule has 4 nitrogen and oxygen atoms in total. The molecule has 4 heteroatoms. The summed E-state index contributed by atoms with van der Waals surface area (Å²) >= 11 is 0. The van der Waals surface area contributed by atoms with Crippen molar-refractivity contribution >= 4 is 12.2 Å². The smallest absolute Gasteiger partial charge is 0.415 e. The van der Waals surface area contributed by atoms with Gasteiger partial charge < -0.3 is 9.47 Å². The Morgan fingerprint density at radius 2 is 1.84 bits per heavy atom. The van der Waals surface area contributed by atoms with Gasteiger partial charge in [-0.1, -0.05) is 55.8 Å². The first-order valence-electron chi connectivity index (χ1n) is 8.62. The lowest BCUT2D eigenvalue weighted by molar-refractivity contribution is 0.164. The molecule has 1 fully saturated rings. The Labute approximate surface area is 148 Å². The van der Waals surface area contributed by atoms with E-state index in [2.05, 4.69) is 6.92 Å². The molecule has 1 aliphatic heterocycles. The first-order valence-corrected chi connectivity index (χ1v) is 8.62. The van der Waals surface area contributed by atoms with Crippen LogP contribution in [0.15, 0.2) is 60.4 Å². The van der Waals surface area contributed by atoms with E-state index < -0.39 is 0 Å². The zero-order chi connectivity index (χ0) is 17.6. The van der Waals surface area contributed by atoms with E-state index in [1.165, 1.54) is 0 Å². The second-order valence-electron chi connectivity index (χ2n) is 6.05. The number of rotatable bonds is 6. The highest BCUT2D eigenvalue weighted by Crippen LogP contribution is 2.38. The van der Waals surface area contributed by atoms with Crippen LogP contribution >= 0.6 is 0 Å². The summed E-state index contributed by atoms with van der Waals surface area (Å²) in [6.45, 7) is 2.79. The highest BCUT2D eigenvalue weighted by molar-refractivity contribution is 5.76. The van der Waals surface area contributed by atoms with E-state index in [1.54, 1.807) is 12.0 Å². The van der Waals surface area contributed by atoms with Crippen molar-refractivity contribution in [2.45, 2.75) is 25.8 Å². The molecule has 0 N–H and O–H groups in total. The van der Waals surface area contributed by atoms with Gasteiger partial charge in [0.15, 0.2) is 0 Å². The highest BCUT2D eigenvalue weighted by atomic mass is 16.6. The Morgan fingerprint density at radius 3 is 2.48 bits per heavy atom. The van der Waals surface area contributed by atoms with E-state index in [4.69, 9.17) is 9.47 Å². The van der Waals surface area contributed by atoms with E-state index in [9.17, 15) is 4.79 Å². The first kappa shape index (κ1) is 17.1. The van der Waals surface area contributed by atoms with Crippen molar-refractivity contribution < 1.29 is 14.3 Å². The first-order chi connectivity index (χ1) is 12.2. The molecule has 25 heavy (non-hydrogen) atoms. The minimum atomic E-state index is -0.281. The third-order valence-corrected chi connectivity index (χ3v) is 4.31. The molecule has 0 aromatic heterocycles. The third kappa shape index (κ3) is 3.85. The lowest BCUT2D eigenvalue weighted by atomic mass is 10.0. The van der Waals surface area contributed by atoms with Crippen molar-refractivity contribution in [2.24, 2.45) is 0 Å². The summed E-state index contributed by atoms with van der Waals surface area (Å²) in [6, 6.07) is 17.5. The molecule has 1 heterocycles. The van der Waals surface area contributed by atoms with Gasteiger partial charge in [0.2, 0.25) is 0 Å². The monoisotopic (exact) mass is 337 g/mol. The average molecular weight is 337 g/mol. The van der Waals surface area contributed by atoms with E-state index in [-0.39, 0.29) is 12.1 Å². The zero-order valence-corrected chi connectivity index (χ0v) is 14.6. The SMILES string of the molecule is CCCCN1C(=O)OC(=Cc2ccccc2)C1c1ccc(OC)cc1. The van der Waals surface area contributed by atoms with E-state index in [1.807, 2.05) is 60.7 Å². The van der Waals surface area contributed by atoms with Crippen LogP contribution in [-0.2, 0) is 4.74 Å². The Bertz CT molecular complexity index is 737. The van der Waals surface area contributed by atoms with Crippen molar-refractivity contribution in [3.8, 4) is 5.75 Å². The molecule has 1 aliphatic rings. The van der Waals surface area contributed by atoms with Gasteiger partial charge in [0.1, 0.15) is 17.6 Å². The van der Waals surface area contributed by atoms with Gasteiger partial charge in [0.05, 0.1) is 7.11 Å². The lowest BCUT2D eigenvalue weighted by Gasteiger charge is -2.22. The fourth-order valence-corrected chi connectivity index (χ4v) is 2.98. The van der Waals surface area contributed by atoms with Crippen LogP contribution in [-0.4, -0.2) is 24.6 Å². The standard InChI is InChI=1S/C21H23NO3/c1-3-4-14-22-20(17-10-12-18(24-2)13-11-17)19(25-21(22)23)15-16-8-6-5-7-9-16/h5-13,15,20H,3-4,14H2,1-2H3. The number of benzene rings is 2. The molecule has 0 saturated carbocycles. The predicted molar refractivity (Wildman–Crippen MR) is 98.2 cm³/mol. The fourth-order valence-electron chi connectivity index (χ4n) is 2.98. The number of cyclic esters (lactones) is 1. The zero-order valence-electron chi connectivity index (χ0n) is 14.6. The molecule has 2 aromatic carbocycles. The van der Waals surface area contributed by atoms with Gasteiger partial charge in [-0.05, 0) is 35.8 Å². The summed E-state index contributed by atoms with van der Waals surface area (Å²) in [6.07, 6.45) is 3.63. The van der Waals surface area contributed by atoms with Crippen LogP contribution in [0.25, 0.3) is 6.08 Å². The molecule has 0 radical (unpaired) electrons. The summed E-state index contributed by atoms with van der Waals surface area (Å²) in [5.74, 6) is 1.46. The Hall–Kier alpha value is -2.75. The van der Waals surface area contributed by atoms with Crippen molar-refractivity contribution in [3.63, 3.8) is 0 Å². The lowest BCUT2D eigenvalue weighted by Crippen LogP contribution is -2.28. The van der Waals surface area contributed by atoms with Crippen LogP contribution in [0.3, 0.4) is 0 Å². The van der Waals surface area contributed by atoms with E-state index in [0.29, 0.717) is 12.3 Å². The van der Waals surface area contributed by atoms with Gasteiger partial charge in [0, 0.05) is 6.54 Å². The highest BCUT2D eigenvalue weighted by Gasteiger charge is 2.38. The summed E-state index contributed by atoms with van der Waals surface area (Å²) < 4.78 is 10.9. The summed E-state index contributed by atoms with van der Waals surface area (Å²) in [4.78, 5) is 14.2. The molecule has 1 saturated heterocycles. The number of unbranched alkanes of at least 4 members (excludes halogenated alkanes) is 1. The second-order valence-corrected chi connectivity index (χ2v) is 6.05. The molecular weight excluding hydrogens is 314 g/mol. The minimum Gasteiger partial charge on any atom is -0.497 e. The van der Waals surface area contributed by atoms with Crippen molar-refractivity contribution in [3.05, 3.63) is 71.5 Å². The minimum absolute atomic E-state index is 0.204. The number of nitrogens with zero attached hydrogens (tertiary/aromatic N) is 1. The van der Waals surface area contributed by atoms with Crippen molar-refractivity contribution in [1.29, 1.82) is 0 Å². The number of methoxy groups -OCH3 is 1. The number of carbonyl (C=O) groups excluding carboxylic acids is 1. The summed E-state index contributed by atoms with van der Waals surface area (Å²) in [5.41, 5.74) is 2.03. The topological polar surface area (TPSA) is 38.8 Å². The van der Waals surface area contributed by atoms with Gasteiger partial charge >= 0.3 is 6.09 Å². The maximum absolute atomic E-state index is 12.4. The third-order valence-electron chi connectivity index (χ3n) is 4.31. The number of hydrogen-bond donors (Lipinski definition) is 0. The molecule has 2 aromatic rings. The number of ether oxygens (including phenoxy) is 2. The van der Waals surface area contributed by atoms with Crippen LogP contribution in [0.1, 0.15) is 36.9 Å². The van der Waals surface area contributed by atoms with Crippen molar-refractivity contribution in [2.75, 3.05) is 13.7 Å². The van der Waals surface area contributed by atoms with Crippen LogP contribution in [0.4, 0.5) is 4.79 Å². The predicted octanol–water partition coefficient (Wildman–Crippen LogP) is 5.03. The molecular formula is C21H23NO3. The maximum atomic E-state index is 12.4. The number of carbonyl (C=O) groups is 1. The normalized spacial score (nSPS) is 18.5. The van der Waals surface area contributed by atoms with Crippen LogP contribution in [0, 0.1) is 0 Å². The Kier molecular flexibility index (Phi) is 5.39. The van der Waals surface area contributed by atoms with E-state index in [0.717, 1.165) is 29.7 Å². The molecule has 0 bridgehead atoms. The maximum Gasteiger partial charge on any atom is 0.415 e. The van der Waals surface area contributed by atoms with Gasteiger partial charge in [0.25, 0.3) is 0 Å². The van der Waals surface area contributed by atoms with Gasteiger partial charge in [-0.3, -0.25) is 4.90 Å². The quantitative estimate of drug-likeness (QED) is 0.742. The largest absolute Gasteiger partial charge is 0.497 e. The second kappa shape index (κ2) is 7.88. The van der Waals surface area contributed by atoms with Gasteiger partial charge in [-0.25, -0.2) is 4.79 Å². The summed E-state index contributed by atoms with van der Waals surface area (Å²) in [7, 11) is 1.64. The molecule has 1 unspecified atom stereocenters. The van der Waals surface area contributed by atoms with Crippen LogP contribution in [0.5, 0.6) is 5.75 Å². The molecule has 0 spiro atoms. The molecule has 3 rings (SSSR count). The van der Waals surface area contributed by atoms with E-state index >= 15 is 0 Å². The molecule has 1 amide bonds. The van der Waals surface area contributed by atoms with Crippen LogP contribution in [0.2, 0.25) is 0 Å². The Morgan fingerprint density at radius 1 is 1.12 bits per heavy atom. The average Bonchev–Trinajstić information content (AvgIpc) is 2.95. The molecule has 0 aliphatic carbocycles. The van der Waals surface area contributed by atoms with Gasteiger partial charge in [-0.15, -0.1) is 0 Å².